The van der Waals surface area contributed by atoms with Crippen LogP contribution < -0.4 is 0 Å². The molecule has 0 aromatic rings. The predicted octanol–water partition coefficient (Wildman–Crippen LogP) is 6.72. The summed E-state index contributed by atoms with van der Waals surface area (Å²) in [5.74, 6) is 4.58. The van der Waals surface area contributed by atoms with Crippen LogP contribution in [-0.4, -0.2) is 27.5 Å². The van der Waals surface area contributed by atoms with Crippen molar-refractivity contribution in [2.75, 3.05) is 7.11 Å². The molecular weight excluding hydrogens is 428 g/mol. The molecular formula is C28H48O4Si. The molecule has 9 atom stereocenters. The summed E-state index contributed by atoms with van der Waals surface area (Å²) in [4.78, 5) is 25.1. The van der Waals surface area contributed by atoms with Crippen LogP contribution in [0.3, 0.4) is 0 Å². The fourth-order valence-corrected chi connectivity index (χ4v) is 8.77. The van der Waals surface area contributed by atoms with Crippen molar-refractivity contribution in [3.8, 4) is 0 Å². The molecule has 0 bridgehead atoms. The van der Waals surface area contributed by atoms with Crippen LogP contribution in [0.5, 0.6) is 0 Å². The van der Waals surface area contributed by atoms with Gasteiger partial charge in [0.1, 0.15) is 5.78 Å². The van der Waals surface area contributed by atoms with Crippen molar-refractivity contribution in [1.82, 2.24) is 0 Å². The minimum Gasteiger partial charge on any atom is -0.469 e. The molecule has 0 spiro atoms. The third kappa shape index (κ3) is 5.23. The molecule has 4 aliphatic rings. The Balaban J connectivity index is 0.000000709. The lowest BCUT2D eigenvalue weighted by Crippen LogP contribution is -2.57. The third-order valence-corrected chi connectivity index (χ3v) is 10.5. The summed E-state index contributed by atoms with van der Waals surface area (Å²) < 4.78 is 14.5. The number of methoxy groups -OCH3 is 1. The van der Waals surface area contributed by atoms with Gasteiger partial charge in [-0.25, -0.2) is 0 Å². The second-order valence-corrected chi connectivity index (χ2v) is 14.5. The van der Waals surface area contributed by atoms with Gasteiger partial charge in [0.2, 0.25) is 0 Å². The maximum absolute atomic E-state index is 13.5. The number of carbonyl (C=O) groups is 2. The van der Waals surface area contributed by atoms with Gasteiger partial charge in [-0.05, 0) is 104 Å². The second-order valence-electron chi connectivity index (χ2n) is 12.7. The number of fused-ring (bicyclic) bond motifs is 5. The fraction of sp³-hybridized carbons (Fsp3) is 0.929. The maximum atomic E-state index is 13.5. The first kappa shape index (κ1) is 26.8. The van der Waals surface area contributed by atoms with Crippen molar-refractivity contribution >= 4 is 20.4 Å². The van der Waals surface area contributed by atoms with Crippen LogP contribution in [0.4, 0.5) is 0 Å². The van der Waals surface area contributed by atoms with Gasteiger partial charge in [0.25, 0.3) is 8.68 Å². The largest absolute Gasteiger partial charge is 0.469 e. The van der Waals surface area contributed by atoms with Crippen LogP contribution in [0.25, 0.3) is 0 Å². The Morgan fingerprint density at radius 2 is 1.70 bits per heavy atom. The Hall–Kier alpha value is -0.843. The number of hydrogen-bond acceptors (Lipinski definition) is 4. The molecule has 5 heteroatoms. The maximum Gasteiger partial charge on any atom is 0.305 e. The number of Topliss-reactive ketones (excluding diaryl/α,β-unsaturated/α-hetero) is 1. The number of ether oxygens (including phenoxy) is 1. The minimum absolute atomic E-state index is 0.0896. The Labute approximate surface area is 203 Å². The third-order valence-electron chi connectivity index (χ3n) is 10.5. The van der Waals surface area contributed by atoms with Crippen LogP contribution in [0.15, 0.2) is 0 Å². The highest BCUT2D eigenvalue weighted by atomic mass is 28.2. The van der Waals surface area contributed by atoms with Gasteiger partial charge in [-0.3, -0.25) is 9.59 Å². The summed E-state index contributed by atoms with van der Waals surface area (Å²) in [6.45, 7) is 13.2. The topological polar surface area (TPSA) is 60.4 Å². The zero-order valence-electron chi connectivity index (χ0n) is 22.2. The van der Waals surface area contributed by atoms with E-state index in [9.17, 15) is 14.1 Å². The molecule has 4 rings (SSSR count). The Morgan fingerprint density at radius 1 is 1.09 bits per heavy atom. The summed E-state index contributed by atoms with van der Waals surface area (Å²) in [5, 5.41) is 0. The molecule has 0 N–H and O–H groups in total. The molecule has 4 fully saturated rings. The van der Waals surface area contributed by atoms with Crippen LogP contribution in [0.2, 0.25) is 13.1 Å². The normalized spacial score (nSPS) is 42.7. The zero-order valence-corrected chi connectivity index (χ0v) is 23.2. The van der Waals surface area contributed by atoms with Crippen molar-refractivity contribution in [1.29, 1.82) is 0 Å². The van der Waals surface area contributed by atoms with Crippen molar-refractivity contribution in [2.45, 2.75) is 105 Å². The SMILES string of the molecule is COC(=O)CC[C@@H](C)C1CCC2C3C(=O)C[C@@H]4C[C@H](C)CC[C@]4(C)C3CC[C@@]21C.C[Si](C)=O. The molecule has 0 aliphatic heterocycles. The van der Waals surface area contributed by atoms with E-state index in [0.29, 0.717) is 53.1 Å². The number of rotatable bonds is 4. The van der Waals surface area contributed by atoms with Crippen molar-refractivity contribution in [2.24, 2.45) is 52.3 Å². The lowest BCUT2D eigenvalue weighted by atomic mass is 9.43. The van der Waals surface area contributed by atoms with Crippen LogP contribution >= 0.6 is 0 Å². The van der Waals surface area contributed by atoms with E-state index < -0.39 is 8.68 Å². The Bertz CT molecular complexity index is 746. The van der Waals surface area contributed by atoms with E-state index in [4.69, 9.17) is 4.74 Å². The van der Waals surface area contributed by atoms with Crippen LogP contribution in [-0.2, 0) is 18.8 Å². The van der Waals surface area contributed by atoms with Gasteiger partial charge < -0.3 is 9.20 Å². The number of hydrogen-bond donors (Lipinski definition) is 0. The molecule has 188 valence electrons. The predicted molar refractivity (Wildman–Crippen MR) is 133 cm³/mol. The average Bonchev–Trinajstić information content (AvgIpc) is 3.10. The smallest absolute Gasteiger partial charge is 0.305 e. The average molecular weight is 477 g/mol. The molecule has 0 saturated heterocycles. The molecule has 4 aliphatic carbocycles. The molecule has 0 heterocycles. The van der Waals surface area contributed by atoms with Gasteiger partial charge >= 0.3 is 5.97 Å². The highest BCUT2D eigenvalue weighted by Gasteiger charge is 2.62. The summed E-state index contributed by atoms with van der Waals surface area (Å²) in [7, 11) is 0.352. The van der Waals surface area contributed by atoms with Gasteiger partial charge in [0.05, 0.1) is 7.11 Å². The van der Waals surface area contributed by atoms with Crippen LogP contribution in [0, 0.1) is 52.3 Å². The number of carbonyl (C=O) groups excluding carboxylic acids is 2. The van der Waals surface area contributed by atoms with Gasteiger partial charge in [-0.15, -0.1) is 0 Å². The van der Waals surface area contributed by atoms with E-state index in [2.05, 4.69) is 27.7 Å². The van der Waals surface area contributed by atoms with E-state index >= 15 is 0 Å². The first-order valence-corrected chi connectivity index (χ1v) is 15.9. The lowest BCUT2D eigenvalue weighted by molar-refractivity contribution is -0.158. The van der Waals surface area contributed by atoms with E-state index in [1.807, 2.05) is 0 Å². The summed E-state index contributed by atoms with van der Waals surface area (Å²) in [6.07, 6.45) is 11.2. The minimum atomic E-state index is -1.13. The van der Waals surface area contributed by atoms with E-state index in [-0.39, 0.29) is 11.4 Å². The Morgan fingerprint density at radius 3 is 2.33 bits per heavy atom. The van der Waals surface area contributed by atoms with Gasteiger partial charge in [-0.1, -0.05) is 34.1 Å². The van der Waals surface area contributed by atoms with Crippen molar-refractivity contribution in [3.05, 3.63) is 0 Å². The Kier molecular flexibility index (Phi) is 8.45. The summed E-state index contributed by atoms with van der Waals surface area (Å²) in [6, 6.07) is 0. The summed E-state index contributed by atoms with van der Waals surface area (Å²) in [5.41, 5.74) is 0.665. The molecule has 4 saturated carbocycles. The molecule has 33 heavy (non-hydrogen) atoms. The first-order chi connectivity index (χ1) is 15.4. The summed E-state index contributed by atoms with van der Waals surface area (Å²) >= 11 is 0. The monoisotopic (exact) mass is 476 g/mol. The van der Waals surface area contributed by atoms with E-state index in [1.165, 1.54) is 52.1 Å². The lowest BCUT2D eigenvalue weighted by Gasteiger charge is -2.60. The van der Waals surface area contributed by atoms with E-state index in [1.54, 1.807) is 13.1 Å². The van der Waals surface area contributed by atoms with E-state index in [0.717, 1.165) is 18.8 Å². The fourth-order valence-electron chi connectivity index (χ4n) is 8.77. The van der Waals surface area contributed by atoms with Crippen molar-refractivity contribution in [3.63, 3.8) is 0 Å². The first-order valence-electron chi connectivity index (χ1n) is 13.5. The number of ketones is 1. The van der Waals surface area contributed by atoms with Crippen LogP contribution in [0.1, 0.15) is 91.9 Å². The molecule has 0 aromatic heterocycles. The van der Waals surface area contributed by atoms with Gasteiger partial charge in [-0.2, -0.15) is 0 Å². The quantitative estimate of drug-likeness (QED) is 0.334. The highest BCUT2D eigenvalue weighted by Crippen LogP contribution is 2.67. The zero-order chi connectivity index (χ0) is 24.6. The van der Waals surface area contributed by atoms with Gasteiger partial charge in [0, 0.05) is 18.8 Å². The second kappa shape index (κ2) is 10.4. The molecule has 0 amide bonds. The molecule has 0 radical (unpaired) electrons. The molecule has 4 nitrogen and oxygen atoms in total. The standard InChI is InChI=1S/C26H42O3.C2H6OSi/c1-16-10-12-25(3)18(14-16)15-22(27)24-20-8-7-19(17(2)6-9-23(28)29-5)26(20,4)13-11-21(24)25;1-4(2)3/h16-21,24H,6-15H2,1-5H3;1-2H3/t16-,17-,18+,19?,20?,21?,24?,25+,26-;/m1./s1. The molecule has 0 aromatic carbocycles. The highest BCUT2D eigenvalue weighted by molar-refractivity contribution is 6.38. The number of esters is 1. The van der Waals surface area contributed by atoms with Crippen molar-refractivity contribution < 1.29 is 18.8 Å². The molecule has 4 unspecified atom stereocenters. The van der Waals surface area contributed by atoms with Gasteiger partial charge in [0.15, 0.2) is 0 Å².